The van der Waals surface area contributed by atoms with Crippen LogP contribution in [0.4, 0.5) is 17.5 Å². The third kappa shape index (κ3) is 5.10. The van der Waals surface area contributed by atoms with E-state index in [4.69, 9.17) is 4.98 Å². The minimum atomic E-state index is -0.728. The average molecular weight is 425 g/mol. The summed E-state index contributed by atoms with van der Waals surface area (Å²) in [7, 11) is 3.74. The Morgan fingerprint density at radius 3 is 2.32 bits per heavy atom. The lowest BCUT2D eigenvalue weighted by Gasteiger charge is -2.28. The van der Waals surface area contributed by atoms with E-state index in [0.29, 0.717) is 41.8 Å². The molecule has 0 bridgehead atoms. The number of carboxylic acid groups (broad SMARTS) is 1. The molecule has 2 aromatic heterocycles. The van der Waals surface area contributed by atoms with E-state index in [9.17, 15) is 14.7 Å². The first-order chi connectivity index (χ1) is 14.9. The second-order valence-corrected chi connectivity index (χ2v) is 8.56. The summed E-state index contributed by atoms with van der Waals surface area (Å²) >= 11 is 0. The molecule has 164 valence electrons. The van der Waals surface area contributed by atoms with Crippen LogP contribution in [0.2, 0.25) is 0 Å². The lowest BCUT2D eigenvalue weighted by molar-refractivity contribution is -0.142. The standard InChI is InChI=1S/C22H28N6O3/c1-28(2)19-12-11-18(26-27-19)25-21(29)16-9-10-17(13-3-4-13)24-20(16)23-15-7-5-14(6-8-15)22(30)31/h9-15H,3-8H2,1-2H3,(H,23,24)(H,30,31)(H,25,26,29). The van der Waals surface area contributed by atoms with Crippen molar-refractivity contribution in [1.82, 2.24) is 15.2 Å². The van der Waals surface area contributed by atoms with E-state index >= 15 is 0 Å². The van der Waals surface area contributed by atoms with Gasteiger partial charge in [-0.05, 0) is 62.8 Å². The molecule has 2 fully saturated rings. The number of rotatable bonds is 7. The first kappa shape index (κ1) is 21.0. The Bertz CT molecular complexity index is 950. The number of hydrogen-bond acceptors (Lipinski definition) is 7. The number of anilines is 3. The second kappa shape index (κ2) is 8.87. The van der Waals surface area contributed by atoms with E-state index < -0.39 is 5.97 Å². The molecule has 9 heteroatoms. The molecule has 0 unspecified atom stereocenters. The quantitative estimate of drug-likeness (QED) is 0.620. The van der Waals surface area contributed by atoms with Gasteiger partial charge in [-0.15, -0.1) is 10.2 Å². The Hall–Kier alpha value is -3.23. The first-order valence-electron chi connectivity index (χ1n) is 10.7. The van der Waals surface area contributed by atoms with Gasteiger partial charge in [-0.3, -0.25) is 9.59 Å². The van der Waals surface area contributed by atoms with Crippen LogP contribution in [0.25, 0.3) is 0 Å². The maximum Gasteiger partial charge on any atom is 0.306 e. The lowest BCUT2D eigenvalue weighted by atomic mass is 9.86. The monoisotopic (exact) mass is 424 g/mol. The molecule has 1 amide bonds. The number of carbonyl (C=O) groups is 2. The Morgan fingerprint density at radius 2 is 1.74 bits per heavy atom. The van der Waals surface area contributed by atoms with E-state index in [0.717, 1.165) is 31.4 Å². The number of hydrogen-bond donors (Lipinski definition) is 3. The van der Waals surface area contributed by atoms with Crippen molar-refractivity contribution in [1.29, 1.82) is 0 Å². The van der Waals surface area contributed by atoms with Gasteiger partial charge in [-0.2, -0.15) is 0 Å². The van der Waals surface area contributed by atoms with Gasteiger partial charge in [-0.25, -0.2) is 4.98 Å². The van der Waals surface area contributed by atoms with Crippen LogP contribution < -0.4 is 15.5 Å². The van der Waals surface area contributed by atoms with Gasteiger partial charge < -0.3 is 20.6 Å². The molecule has 0 radical (unpaired) electrons. The van der Waals surface area contributed by atoms with Crippen molar-refractivity contribution < 1.29 is 14.7 Å². The molecule has 9 nitrogen and oxygen atoms in total. The summed E-state index contributed by atoms with van der Waals surface area (Å²) < 4.78 is 0. The van der Waals surface area contributed by atoms with Gasteiger partial charge in [0.25, 0.3) is 5.91 Å². The zero-order chi connectivity index (χ0) is 22.0. The van der Waals surface area contributed by atoms with Gasteiger partial charge in [0, 0.05) is 31.7 Å². The molecule has 2 heterocycles. The Kier molecular flexibility index (Phi) is 6.01. The van der Waals surface area contributed by atoms with Crippen LogP contribution in [0.3, 0.4) is 0 Å². The van der Waals surface area contributed by atoms with Crippen LogP contribution >= 0.6 is 0 Å². The number of aromatic nitrogens is 3. The minimum Gasteiger partial charge on any atom is -0.481 e. The maximum atomic E-state index is 13.0. The number of nitrogens with zero attached hydrogens (tertiary/aromatic N) is 4. The molecule has 31 heavy (non-hydrogen) atoms. The van der Waals surface area contributed by atoms with Crippen molar-refractivity contribution >= 4 is 29.3 Å². The normalized spacial score (nSPS) is 20.7. The average Bonchev–Trinajstić information content (AvgIpc) is 3.60. The predicted octanol–water partition coefficient (Wildman–Crippen LogP) is 3.12. The molecule has 0 aromatic carbocycles. The van der Waals surface area contributed by atoms with Crippen LogP contribution in [0, 0.1) is 5.92 Å². The summed E-state index contributed by atoms with van der Waals surface area (Å²) in [6, 6.07) is 7.33. The smallest absolute Gasteiger partial charge is 0.306 e. The molecule has 4 rings (SSSR count). The molecule has 2 aromatic rings. The molecular weight excluding hydrogens is 396 g/mol. The van der Waals surface area contributed by atoms with Crippen molar-refractivity contribution in [3.63, 3.8) is 0 Å². The van der Waals surface area contributed by atoms with Crippen LogP contribution in [0.15, 0.2) is 24.3 Å². The van der Waals surface area contributed by atoms with E-state index in [1.807, 2.05) is 31.1 Å². The zero-order valence-electron chi connectivity index (χ0n) is 17.8. The molecule has 0 atom stereocenters. The Balaban J connectivity index is 1.50. The van der Waals surface area contributed by atoms with Gasteiger partial charge in [-0.1, -0.05) is 0 Å². The van der Waals surface area contributed by atoms with Crippen LogP contribution in [-0.4, -0.2) is 52.3 Å². The number of carbonyl (C=O) groups excluding carboxylic acids is 1. The molecular formula is C22H28N6O3. The number of aliphatic carboxylic acids is 1. The summed E-state index contributed by atoms with van der Waals surface area (Å²) in [5.41, 5.74) is 1.44. The molecule has 2 aliphatic rings. The summed E-state index contributed by atoms with van der Waals surface area (Å²) in [6.45, 7) is 0. The highest BCUT2D eigenvalue weighted by Crippen LogP contribution is 2.40. The van der Waals surface area contributed by atoms with Crippen LogP contribution in [0.5, 0.6) is 0 Å². The predicted molar refractivity (Wildman–Crippen MR) is 118 cm³/mol. The first-order valence-corrected chi connectivity index (χ1v) is 10.7. The van der Waals surface area contributed by atoms with Gasteiger partial charge in [0.15, 0.2) is 11.6 Å². The Labute approximate surface area is 181 Å². The van der Waals surface area contributed by atoms with Crippen molar-refractivity contribution in [2.24, 2.45) is 5.92 Å². The summed E-state index contributed by atoms with van der Waals surface area (Å²) in [5, 5.41) is 23.6. The van der Waals surface area contributed by atoms with E-state index in [-0.39, 0.29) is 17.9 Å². The van der Waals surface area contributed by atoms with Crippen molar-refractivity contribution in [3.05, 3.63) is 35.5 Å². The van der Waals surface area contributed by atoms with Gasteiger partial charge in [0.05, 0.1) is 11.5 Å². The second-order valence-electron chi connectivity index (χ2n) is 8.56. The lowest BCUT2D eigenvalue weighted by Crippen LogP contribution is -2.30. The van der Waals surface area contributed by atoms with Crippen LogP contribution in [-0.2, 0) is 4.79 Å². The molecule has 0 saturated heterocycles. The number of pyridine rings is 1. The van der Waals surface area contributed by atoms with E-state index in [1.54, 1.807) is 12.1 Å². The van der Waals surface area contributed by atoms with Crippen molar-refractivity contribution in [2.45, 2.75) is 50.5 Å². The summed E-state index contributed by atoms with van der Waals surface area (Å²) in [4.78, 5) is 30.8. The molecule has 0 spiro atoms. The highest BCUT2D eigenvalue weighted by molar-refractivity contribution is 6.07. The maximum absolute atomic E-state index is 13.0. The number of amides is 1. The van der Waals surface area contributed by atoms with Crippen molar-refractivity contribution in [3.8, 4) is 0 Å². The summed E-state index contributed by atoms with van der Waals surface area (Å²) in [5.74, 6) is 0.776. The fourth-order valence-electron chi connectivity index (χ4n) is 3.87. The molecule has 3 N–H and O–H groups in total. The zero-order valence-corrected chi connectivity index (χ0v) is 17.8. The molecule has 2 saturated carbocycles. The minimum absolute atomic E-state index is 0.100. The molecule has 0 aliphatic heterocycles. The van der Waals surface area contributed by atoms with Gasteiger partial charge >= 0.3 is 5.97 Å². The summed E-state index contributed by atoms with van der Waals surface area (Å²) in [6.07, 6.45) is 4.98. The fourth-order valence-corrected chi connectivity index (χ4v) is 3.87. The number of nitrogens with one attached hydrogen (secondary N) is 2. The third-order valence-electron chi connectivity index (χ3n) is 5.92. The molecule has 2 aliphatic carbocycles. The number of carboxylic acids is 1. The highest BCUT2D eigenvalue weighted by atomic mass is 16.4. The SMILES string of the molecule is CN(C)c1ccc(NC(=O)c2ccc(C3CC3)nc2NC2CCC(C(=O)O)CC2)nn1. The Morgan fingerprint density at radius 1 is 1.00 bits per heavy atom. The largest absolute Gasteiger partial charge is 0.481 e. The highest BCUT2D eigenvalue weighted by Gasteiger charge is 2.29. The van der Waals surface area contributed by atoms with E-state index in [1.165, 1.54) is 0 Å². The van der Waals surface area contributed by atoms with Crippen molar-refractivity contribution in [2.75, 3.05) is 29.6 Å². The van der Waals surface area contributed by atoms with Gasteiger partial charge in [0.1, 0.15) is 5.82 Å². The topological polar surface area (TPSA) is 120 Å². The fraction of sp³-hybridized carbons (Fsp3) is 0.500. The van der Waals surface area contributed by atoms with Gasteiger partial charge in [0.2, 0.25) is 0 Å². The van der Waals surface area contributed by atoms with Crippen LogP contribution in [0.1, 0.15) is 60.5 Å². The third-order valence-corrected chi connectivity index (χ3v) is 5.92. The van der Waals surface area contributed by atoms with E-state index in [2.05, 4.69) is 20.8 Å².